The smallest absolute Gasteiger partial charge is 0.374 e. The Morgan fingerprint density at radius 2 is 2.11 bits per heavy atom. The van der Waals surface area contributed by atoms with Crippen molar-refractivity contribution in [2.75, 3.05) is 6.61 Å². The van der Waals surface area contributed by atoms with E-state index in [0.717, 1.165) is 5.56 Å². The van der Waals surface area contributed by atoms with Crippen LogP contribution in [-0.4, -0.2) is 27.2 Å². The Hall–Kier alpha value is -2.30. The van der Waals surface area contributed by atoms with Crippen LogP contribution in [0.5, 0.6) is 5.75 Å². The van der Waals surface area contributed by atoms with E-state index in [1.54, 1.807) is 48.1 Å². The number of aromatic nitrogens is 2. The molecule has 0 saturated carbocycles. The molecule has 94 valence electrons. The molecule has 0 atom stereocenters. The van der Waals surface area contributed by atoms with E-state index in [0.29, 0.717) is 13.2 Å². The van der Waals surface area contributed by atoms with Crippen molar-refractivity contribution in [1.82, 2.24) is 9.55 Å². The van der Waals surface area contributed by atoms with Gasteiger partial charge in [0.25, 0.3) is 0 Å². The normalized spacial score (nSPS) is 10.3. The van der Waals surface area contributed by atoms with E-state index >= 15 is 0 Å². The number of aromatic hydroxyl groups is 1. The maximum Gasteiger partial charge on any atom is 0.374 e. The van der Waals surface area contributed by atoms with Crippen molar-refractivity contribution in [3.05, 3.63) is 48.0 Å². The summed E-state index contributed by atoms with van der Waals surface area (Å²) < 4.78 is 6.63. The number of esters is 1. The van der Waals surface area contributed by atoms with Crippen LogP contribution >= 0.6 is 0 Å². The molecule has 1 aromatic carbocycles. The highest BCUT2D eigenvalue weighted by Gasteiger charge is 2.13. The maximum atomic E-state index is 11.6. The molecular formula is C13H14N2O3. The SMILES string of the molecule is CCOC(=O)c1nccn1Cc1ccc(O)cc1. The molecule has 0 fully saturated rings. The fraction of sp³-hybridized carbons (Fsp3) is 0.231. The average Bonchev–Trinajstić information content (AvgIpc) is 2.81. The molecule has 0 aliphatic rings. The van der Waals surface area contributed by atoms with Crippen LogP contribution in [0.15, 0.2) is 36.7 Å². The molecule has 0 aliphatic heterocycles. The van der Waals surface area contributed by atoms with Crippen LogP contribution in [0.1, 0.15) is 23.1 Å². The molecule has 0 spiro atoms. The first-order valence-corrected chi connectivity index (χ1v) is 5.67. The number of carbonyl (C=O) groups is 1. The first-order valence-electron chi connectivity index (χ1n) is 5.67. The zero-order chi connectivity index (χ0) is 13.0. The highest BCUT2D eigenvalue weighted by atomic mass is 16.5. The number of phenols is 1. The Kier molecular flexibility index (Phi) is 3.62. The number of hydrogen-bond acceptors (Lipinski definition) is 4. The average molecular weight is 246 g/mol. The molecule has 1 heterocycles. The van der Waals surface area contributed by atoms with Gasteiger partial charge in [0.15, 0.2) is 0 Å². The van der Waals surface area contributed by atoms with Crippen LogP contribution in [0, 0.1) is 0 Å². The van der Waals surface area contributed by atoms with Crippen LogP contribution in [0.2, 0.25) is 0 Å². The van der Waals surface area contributed by atoms with Gasteiger partial charge in [-0.1, -0.05) is 12.1 Å². The van der Waals surface area contributed by atoms with Crippen LogP contribution in [-0.2, 0) is 11.3 Å². The standard InChI is InChI=1S/C13H14N2O3/c1-2-18-13(17)12-14-7-8-15(12)9-10-3-5-11(16)6-4-10/h3-8,16H,2,9H2,1H3. The molecular weight excluding hydrogens is 232 g/mol. The largest absolute Gasteiger partial charge is 0.508 e. The Morgan fingerprint density at radius 3 is 2.78 bits per heavy atom. The van der Waals surface area contributed by atoms with E-state index in [2.05, 4.69) is 4.98 Å². The lowest BCUT2D eigenvalue weighted by atomic mass is 10.2. The monoisotopic (exact) mass is 246 g/mol. The van der Waals surface area contributed by atoms with E-state index in [4.69, 9.17) is 4.74 Å². The number of ether oxygens (including phenoxy) is 1. The van der Waals surface area contributed by atoms with Crippen molar-refractivity contribution < 1.29 is 14.6 Å². The van der Waals surface area contributed by atoms with Crippen molar-refractivity contribution in [3.8, 4) is 5.75 Å². The van der Waals surface area contributed by atoms with Gasteiger partial charge in [0.1, 0.15) is 5.75 Å². The molecule has 2 rings (SSSR count). The van der Waals surface area contributed by atoms with Gasteiger partial charge in [-0.15, -0.1) is 0 Å². The number of rotatable bonds is 4. The number of imidazole rings is 1. The fourth-order valence-electron chi connectivity index (χ4n) is 1.62. The predicted molar refractivity (Wildman–Crippen MR) is 65.4 cm³/mol. The molecule has 1 aromatic heterocycles. The lowest BCUT2D eigenvalue weighted by Crippen LogP contribution is -2.13. The number of phenolic OH excluding ortho intramolecular Hbond substituents is 1. The maximum absolute atomic E-state index is 11.6. The van der Waals surface area contributed by atoms with E-state index in [1.165, 1.54) is 0 Å². The number of benzene rings is 1. The molecule has 0 amide bonds. The minimum Gasteiger partial charge on any atom is -0.508 e. The van der Waals surface area contributed by atoms with E-state index in [9.17, 15) is 9.90 Å². The van der Waals surface area contributed by atoms with Gasteiger partial charge >= 0.3 is 5.97 Å². The minimum absolute atomic E-state index is 0.218. The predicted octanol–water partition coefficient (Wildman–Crippen LogP) is 1.81. The third-order valence-corrected chi connectivity index (χ3v) is 2.46. The molecule has 5 nitrogen and oxygen atoms in total. The second-order valence-corrected chi connectivity index (χ2v) is 3.77. The summed E-state index contributed by atoms with van der Waals surface area (Å²) in [6.45, 7) is 2.59. The minimum atomic E-state index is -0.429. The molecule has 0 saturated heterocycles. The highest BCUT2D eigenvalue weighted by Crippen LogP contribution is 2.12. The topological polar surface area (TPSA) is 64.3 Å². The first kappa shape index (κ1) is 12.2. The van der Waals surface area contributed by atoms with Crippen LogP contribution in [0.3, 0.4) is 0 Å². The summed E-state index contributed by atoms with van der Waals surface area (Å²) in [6, 6.07) is 6.81. The number of carbonyl (C=O) groups excluding carboxylic acids is 1. The van der Waals surface area contributed by atoms with Crippen LogP contribution in [0.4, 0.5) is 0 Å². The van der Waals surface area contributed by atoms with E-state index < -0.39 is 5.97 Å². The van der Waals surface area contributed by atoms with Gasteiger partial charge in [-0.2, -0.15) is 0 Å². The number of hydrogen-bond donors (Lipinski definition) is 1. The van der Waals surface area contributed by atoms with Gasteiger partial charge in [-0.3, -0.25) is 0 Å². The summed E-state index contributed by atoms with van der Waals surface area (Å²) in [4.78, 5) is 15.6. The summed E-state index contributed by atoms with van der Waals surface area (Å²) in [7, 11) is 0. The van der Waals surface area contributed by atoms with Crippen molar-refractivity contribution in [2.45, 2.75) is 13.5 Å². The molecule has 0 radical (unpaired) electrons. The lowest BCUT2D eigenvalue weighted by molar-refractivity contribution is 0.0507. The third kappa shape index (κ3) is 2.68. The summed E-state index contributed by atoms with van der Waals surface area (Å²) >= 11 is 0. The second-order valence-electron chi connectivity index (χ2n) is 3.77. The number of nitrogens with zero attached hydrogens (tertiary/aromatic N) is 2. The summed E-state index contributed by atoms with van der Waals surface area (Å²) in [5, 5.41) is 9.20. The second kappa shape index (κ2) is 5.35. The molecule has 5 heteroatoms. The Morgan fingerprint density at radius 1 is 1.39 bits per heavy atom. The van der Waals surface area contributed by atoms with Gasteiger partial charge in [0.2, 0.25) is 5.82 Å². The van der Waals surface area contributed by atoms with Crippen molar-refractivity contribution >= 4 is 5.97 Å². The molecule has 1 N–H and O–H groups in total. The molecule has 2 aromatic rings. The van der Waals surface area contributed by atoms with Crippen LogP contribution < -0.4 is 0 Å². The van der Waals surface area contributed by atoms with E-state index in [1.807, 2.05) is 0 Å². The van der Waals surface area contributed by atoms with Gasteiger partial charge < -0.3 is 14.4 Å². The quantitative estimate of drug-likeness (QED) is 0.836. The van der Waals surface area contributed by atoms with Gasteiger partial charge in [-0.25, -0.2) is 9.78 Å². The van der Waals surface area contributed by atoms with Gasteiger partial charge in [0, 0.05) is 18.9 Å². The summed E-state index contributed by atoms with van der Waals surface area (Å²) in [5.74, 6) is 0.0706. The molecule has 0 bridgehead atoms. The van der Waals surface area contributed by atoms with Crippen molar-refractivity contribution in [2.24, 2.45) is 0 Å². The molecule has 0 aliphatic carbocycles. The fourth-order valence-corrected chi connectivity index (χ4v) is 1.62. The molecule has 0 unspecified atom stereocenters. The zero-order valence-corrected chi connectivity index (χ0v) is 10.0. The highest BCUT2D eigenvalue weighted by molar-refractivity contribution is 5.85. The van der Waals surface area contributed by atoms with E-state index in [-0.39, 0.29) is 11.6 Å². The third-order valence-electron chi connectivity index (χ3n) is 2.46. The van der Waals surface area contributed by atoms with Crippen molar-refractivity contribution in [1.29, 1.82) is 0 Å². The van der Waals surface area contributed by atoms with Gasteiger partial charge in [0.05, 0.1) is 6.61 Å². The zero-order valence-electron chi connectivity index (χ0n) is 10.0. The Labute approximate surface area is 105 Å². The Balaban J connectivity index is 2.17. The summed E-state index contributed by atoms with van der Waals surface area (Å²) in [5.41, 5.74) is 0.969. The molecule has 18 heavy (non-hydrogen) atoms. The van der Waals surface area contributed by atoms with Crippen molar-refractivity contribution in [3.63, 3.8) is 0 Å². The van der Waals surface area contributed by atoms with Gasteiger partial charge in [-0.05, 0) is 24.6 Å². The summed E-state index contributed by atoms with van der Waals surface area (Å²) in [6.07, 6.45) is 3.28. The first-order chi connectivity index (χ1) is 8.70. The Bertz CT molecular complexity index is 531. The van der Waals surface area contributed by atoms with Crippen LogP contribution in [0.25, 0.3) is 0 Å². The lowest BCUT2D eigenvalue weighted by Gasteiger charge is -2.07.